The van der Waals surface area contributed by atoms with Gasteiger partial charge in [0.25, 0.3) is 10.0 Å². The monoisotopic (exact) mass is 266 g/mol. The highest BCUT2D eigenvalue weighted by Crippen LogP contribution is 2.24. The van der Waals surface area contributed by atoms with E-state index in [-0.39, 0.29) is 15.1 Å². The summed E-state index contributed by atoms with van der Waals surface area (Å²) in [6.45, 7) is 0. The lowest BCUT2D eigenvalue weighted by atomic mass is 10.3. The Morgan fingerprint density at radius 3 is 2.06 bits per heavy atom. The van der Waals surface area contributed by atoms with Gasteiger partial charge in [0.15, 0.2) is 0 Å². The van der Waals surface area contributed by atoms with Crippen LogP contribution in [0.25, 0.3) is 0 Å². The molecule has 0 bridgehead atoms. The van der Waals surface area contributed by atoms with Crippen LogP contribution in [0, 0.1) is 0 Å². The summed E-state index contributed by atoms with van der Waals surface area (Å²) in [5, 5.41) is 0. The van der Waals surface area contributed by atoms with E-state index in [4.69, 9.17) is 5.73 Å². The third-order valence-electron chi connectivity index (χ3n) is 2.35. The zero-order valence-electron chi connectivity index (χ0n) is 9.32. The van der Waals surface area contributed by atoms with E-state index in [2.05, 4.69) is 0 Å². The van der Waals surface area contributed by atoms with Gasteiger partial charge in [0, 0.05) is 5.69 Å². The maximum atomic E-state index is 13.9. The Labute approximate surface area is 104 Å². The summed E-state index contributed by atoms with van der Waals surface area (Å²) in [5.41, 5.74) is 5.80. The van der Waals surface area contributed by atoms with Crippen LogP contribution in [-0.4, -0.2) is 8.42 Å². The van der Waals surface area contributed by atoms with Gasteiger partial charge in [0.2, 0.25) is 0 Å². The smallest absolute Gasteiger partial charge is 0.290 e. The zero-order chi connectivity index (χ0) is 13.2. The van der Waals surface area contributed by atoms with E-state index in [1.165, 1.54) is 48.5 Å². The molecule has 0 aromatic heterocycles. The van der Waals surface area contributed by atoms with Crippen LogP contribution in [0.3, 0.4) is 0 Å². The summed E-state index contributed by atoms with van der Waals surface area (Å²) in [4.78, 5) is -0.107. The van der Waals surface area contributed by atoms with Crippen LogP contribution in [0.4, 0.5) is 15.9 Å². The number of nitrogens with two attached hydrogens (primary N) is 1. The minimum absolute atomic E-state index is 0.0898. The van der Waals surface area contributed by atoms with Crippen molar-refractivity contribution in [3.63, 3.8) is 0 Å². The highest BCUT2D eigenvalue weighted by atomic mass is 32.2. The highest BCUT2D eigenvalue weighted by molar-refractivity contribution is 7.92. The lowest BCUT2D eigenvalue weighted by molar-refractivity contribution is 0.495. The van der Waals surface area contributed by atoms with E-state index in [9.17, 15) is 12.9 Å². The molecule has 6 heteroatoms. The van der Waals surface area contributed by atoms with Crippen LogP contribution >= 0.6 is 0 Å². The molecule has 4 nitrogen and oxygen atoms in total. The Bertz CT molecular complexity index is 627. The van der Waals surface area contributed by atoms with E-state index < -0.39 is 10.0 Å². The topological polar surface area (TPSA) is 63.4 Å². The molecule has 0 aliphatic heterocycles. The molecule has 2 rings (SSSR count). The molecule has 0 fully saturated rings. The van der Waals surface area contributed by atoms with E-state index in [0.717, 1.165) is 0 Å². The van der Waals surface area contributed by atoms with Crippen molar-refractivity contribution in [3.05, 3.63) is 54.6 Å². The predicted octanol–water partition coefficient (Wildman–Crippen LogP) is 2.35. The molecule has 0 aliphatic rings. The van der Waals surface area contributed by atoms with Gasteiger partial charge in [-0.15, -0.1) is 0 Å². The van der Waals surface area contributed by atoms with Crippen molar-refractivity contribution in [2.24, 2.45) is 0 Å². The second-order valence-corrected chi connectivity index (χ2v) is 5.37. The van der Waals surface area contributed by atoms with Crippen LogP contribution in [0.1, 0.15) is 0 Å². The van der Waals surface area contributed by atoms with E-state index in [1.54, 1.807) is 6.07 Å². The molecule has 2 N–H and O–H groups in total. The van der Waals surface area contributed by atoms with Crippen molar-refractivity contribution in [1.29, 1.82) is 0 Å². The largest absolute Gasteiger partial charge is 0.399 e. The molecule has 0 radical (unpaired) electrons. The van der Waals surface area contributed by atoms with Crippen LogP contribution in [0.5, 0.6) is 0 Å². The Hall–Kier alpha value is -2.08. The van der Waals surface area contributed by atoms with E-state index in [1.807, 2.05) is 0 Å². The number of halogens is 1. The second kappa shape index (κ2) is 4.66. The van der Waals surface area contributed by atoms with E-state index >= 15 is 0 Å². The average Bonchev–Trinajstić information content (AvgIpc) is 2.40. The van der Waals surface area contributed by atoms with Gasteiger partial charge < -0.3 is 5.73 Å². The van der Waals surface area contributed by atoms with Crippen molar-refractivity contribution < 1.29 is 12.9 Å². The normalized spacial score (nSPS) is 11.2. The predicted molar refractivity (Wildman–Crippen MR) is 68.1 cm³/mol. The molecule has 0 saturated carbocycles. The fourth-order valence-electron chi connectivity index (χ4n) is 1.42. The molecular formula is C12H11FN2O2S. The first-order valence-electron chi connectivity index (χ1n) is 5.13. The molecule has 0 atom stereocenters. The zero-order valence-corrected chi connectivity index (χ0v) is 10.1. The fourth-order valence-corrected chi connectivity index (χ4v) is 2.50. The van der Waals surface area contributed by atoms with Gasteiger partial charge in [-0.3, -0.25) is 0 Å². The fraction of sp³-hybridized carbons (Fsp3) is 0. The lowest BCUT2D eigenvalue weighted by Gasteiger charge is -2.14. The van der Waals surface area contributed by atoms with Gasteiger partial charge >= 0.3 is 0 Å². The van der Waals surface area contributed by atoms with Crippen molar-refractivity contribution in [2.45, 2.75) is 4.90 Å². The number of rotatable bonds is 3. The van der Waals surface area contributed by atoms with Crippen molar-refractivity contribution in [2.75, 3.05) is 10.3 Å². The summed E-state index contributed by atoms with van der Waals surface area (Å²) in [7, 11) is -4.18. The molecular weight excluding hydrogens is 255 g/mol. The van der Waals surface area contributed by atoms with Gasteiger partial charge in [0.1, 0.15) is 0 Å². The highest BCUT2D eigenvalue weighted by Gasteiger charge is 2.24. The molecule has 0 spiro atoms. The number of hydrogen-bond donors (Lipinski definition) is 1. The van der Waals surface area contributed by atoms with Crippen LogP contribution < -0.4 is 10.3 Å². The molecule has 0 heterocycles. The maximum Gasteiger partial charge on any atom is 0.290 e. The molecule has 0 amide bonds. The third kappa shape index (κ3) is 2.28. The van der Waals surface area contributed by atoms with Crippen molar-refractivity contribution in [1.82, 2.24) is 0 Å². The van der Waals surface area contributed by atoms with Crippen LogP contribution in [-0.2, 0) is 10.0 Å². The van der Waals surface area contributed by atoms with Crippen molar-refractivity contribution in [3.8, 4) is 0 Å². The second-order valence-electron chi connectivity index (χ2n) is 3.62. The summed E-state index contributed by atoms with van der Waals surface area (Å²) in [6, 6.07) is 12.9. The number of nitrogen functional groups attached to an aromatic ring is 1. The SMILES string of the molecule is Nc1ccc(N(F)S(=O)(=O)c2ccccc2)cc1. The Morgan fingerprint density at radius 1 is 0.944 bits per heavy atom. The Kier molecular flexibility index (Phi) is 3.20. The lowest BCUT2D eigenvalue weighted by Crippen LogP contribution is -2.22. The van der Waals surface area contributed by atoms with Gasteiger partial charge in [0.05, 0.1) is 10.6 Å². The first-order chi connectivity index (χ1) is 8.51. The quantitative estimate of drug-likeness (QED) is 0.685. The molecule has 2 aromatic rings. The Balaban J connectivity index is 2.39. The summed E-state index contributed by atoms with van der Waals surface area (Å²) in [6.07, 6.45) is 0. The number of nitrogens with zero attached hydrogens (tertiary/aromatic N) is 1. The molecule has 18 heavy (non-hydrogen) atoms. The van der Waals surface area contributed by atoms with Gasteiger partial charge in [-0.1, -0.05) is 27.2 Å². The summed E-state index contributed by atoms with van der Waals surface area (Å²) >= 11 is 0. The van der Waals surface area contributed by atoms with E-state index in [0.29, 0.717) is 5.69 Å². The van der Waals surface area contributed by atoms with Gasteiger partial charge in [-0.05, 0) is 36.4 Å². The van der Waals surface area contributed by atoms with Crippen LogP contribution in [0.2, 0.25) is 0 Å². The first kappa shape index (κ1) is 12.4. The molecule has 2 aromatic carbocycles. The standard InChI is InChI=1S/C12H11FN2O2S/c13-15(11-8-6-10(14)7-9-11)18(16,17)12-4-2-1-3-5-12/h1-9H,14H2. The third-order valence-corrected chi connectivity index (χ3v) is 3.85. The Morgan fingerprint density at radius 2 is 1.50 bits per heavy atom. The number of anilines is 2. The van der Waals surface area contributed by atoms with Crippen LogP contribution in [0.15, 0.2) is 59.5 Å². The molecule has 0 saturated heterocycles. The minimum Gasteiger partial charge on any atom is -0.399 e. The molecule has 0 aliphatic carbocycles. The molecule has 94 valence electrons. The molecule has 0 unspecified atom stereocenters. The number of hydrogen-bond acceptors (Lipinski definition) is 3. The number of sulfonamides is 1. The summed E-state index contributed by atoms with van der Waals surface area (Å²) < 4.78 is 37.5. The first-order valence-corrected chi connectivity index (χ1v) is 6.57. The van der Waals surface area contributed by atoms with Gasteiger partial charge in [-0.25, -0.2) is 0 Å². The maximum absolute atomic E-state index is 13.9. The minimum atomic E-state index is -4.18. The summed E-state index contributed by atoms with van der Waals surface area (Å²) in [5.74, 6) is 0. The van der Waals surface area contributed by atoms with Gasteiger partial charge in [-0.2, -0.15) is 8.42 Å². The number of benzene rings is 2. The average molecular weight is 266 g/mol. The van der Waals surface area contributed by atoms with Crippen molar-refractivity contribution >= 4 is 21.4 Å².